The molecule has 2 aromatic carbocycles. The highest BCUT2D eigenvalue weighted by molar-refractivity contribution is 5.22. The van der Waals surface area contributed by atoms with Gasteiger partial charge in [0.15, 0.2) is 0 Å². The fourth-order valence-corrected chi connectivity index (χ4v) is 2.64. The normalized spacial score (nSPS) is 14.1. The molecule has 0 aliphatic rings. The van der Waals surface area contributed by atoms with Gasteiger partial charge in [0.2, 0.25) is 0 Å². The summed E-state index contributed by atoms with van der Waals surface area (Å²) in [5.74, 6) is 0.839. The maximum atomic E-state index is 13.3. The maximum absolute atomic E-state index is 13.3. The Labute approximate surface area is 127 Å². The Bertz CT molecular complexity index is 551. The van der Waals surface area contributed by atoms with Crippen molar-refractivity contribution in [1.82, 2.24) is 5.32 Å². The average Bonchev–Trinajstić information content (AvgIpc) is 2.48. The molecule has 112 valence electrons. The minimum Gasteiger partial charge on any atom is -0.310 e. The molecule has 0 bridgehead atoms. The zero-order chi connectivity index (χ0) is 15.2. The van der Waals surface area contributed by atoms with E-state index in [1.807, 2.05) is 12.1 Å². The van der Waals surface area contributed by atoms with Gasteiger partial charge in [0.25, 0.3) is 0 Å². The predicted octanol–water partition coefficient (Wildman–Crippen LogP) is 4.92. The van der Waals surface area contributed by atoms with Gasteiger partial charge in [0, 0.05) is 12.6 Å². The molecule has 2 heteroatoms. The van der Waals surface area contributed by atoms with E-state index in [0.29, 0.717) is 11.8 Å². The average molecular weight is 285 g/mol. The molecule has 1 nitrogen and oxygen atoms in total. The van der Waals surface area contributed by atoms with Gasteiger partial charge in [-0.15, -0.1) is 0 Å². The minimum absolute atomic E-state index is 0.144. The molecule has 0 spiro atoms. The molecule has 1 N–H and O–H groups in total. The van der Waals surface area contributed by atoms with Crippen LogP contribution in [0.15, 0.2) is 54.6 Å². The maximum Gasteiger partial charge on any atom is 0.123 e. The van der Waals surface area contributed by atoms with E-state index in [4.69, 9.17) is 0 Å². The molecule has 0 aliphatic heterocycles. The fraction of sp³-hybridized carbons (Fsp3) is 0.368. The lowest BCUT2D eigenvalue weighted by Crippen LogP contribution is -2.27. The number of benzene rings is 2. The van der Waals surface area contributed by atoms with Gasteiger partial charge in [-0.05, 0) is 42.0 Å². The second-order valence-electron chi connectivity index (χ2n) is 5.95. The van der Waals surface area contributed by atoms with E-state index >= 15 is 0 Å². The second kappa shape index (κ2) is 7.37. The van der Waals surface area contributed by atoms with Crippen molar-refractivity contribution >= 4 is 0 Å². The molecule has 2 rings (SSSR count). The predicted molar refractivity (Wildman–Crippen MR) is 86.8 cm³/mol. The highest BCUT2D eigenvalue weighted by atomic mass is 19.1. The molecule has 21 heavy (non-hydrogen) atoms. The smallest absolute Gasteiger partial charge is 0.123 e. The minimum atomic E-state index is -0.176. The number of nitrogens with one attached hydrogen (secondary N) is 1. The number of halogens is 1. The lowest BCUT2D eigenvalue weighted by Gasteiger charge is -2.24. The van der Waals surface area contributed by atoms with E-state index in [2.05, 4.69) is 50.4 Å². The third-order valence-electron chi connectivity index (χ3n) is 4.03. The zero-order valence-corrected chi connectivity index (χ0v) is 13.0. The quantitative estimate of drug-likeness (QED) is 0.794. The first kappa shape index (κ1) is 15.7. The van der Waals surface area contributed by atoms with Gasteiger partial charge in [-0.25, -0.2) is 4.39 Å². The van der Waals surface area contributed by atoms with Crippen LogP contribution < -0.4 is 5.32 Å². The molecule has 0 saturated carbocycles. The van der Waals surface area contributed by atoms with E-state index in [9.17, 15) is 4.39 Å². The van der Waals surface area contributed by atoms with E-state index in [-0.39, 0.29) is 11.9 Å². The molecule has 0 heterocycles. The van der Waals surface area contributed by atoms with Crippen LogP contribution in [-0.2, 0) is 0 Å². The molecule has 2 unspecified atom stereocenters. The standard InChI is InChI=1S/C19H24FN/c1-14(2)19(16-8-5-4-6-9-16)13-21-15(3)17-10-7-11-18(20)12-17/h4-12,14-15,19,21H,13H2,1-3H3. The van der Waals surface area contributed by atoms with Gasteiger partial charge in [-0.1, -0.05) is 56.3 Å². The van der Waals surface area contributed by atoms with Gasteiger partial charge in [-0.3, -0.25) is 0 Å². The molecule has 0 fully saturated rings. The first-order chi connectivity index (χ1) is 10.1. The van der Waals surface area contributed by atoms with E-state index < -0.39 is 0 Å². The van der Waals surface area contributed by atoms with E-state index in [1.54, 1.807) is 12.1 Å². The van der Waals surface area contributed by atoms with Crippen molar-refractivity contribution in [3.8, 4) is 0 Å². The van der Waals surface area contributed by atoms with Gasteiger partial charge in [0.05, 0.1) is 0 Å². The Hall–Kier alpha value is -1.67. The number of hydrogen-bond acceptors (Lipinski definition) is 1. The number of rotatable bonds is 6. The van der Waals surface area contributed by atoms with Crippen LogP contribution in [-0.4, -0.2) is 6.54 Å². The first-order valence-corrected chi connectivity index (χ1v) is 7.61. The van der Waals surface area contributed by atoms with Crippen LogP contribution in [0.1, 0.15) is 43.9 Å². The summed E-state index contributed by atoms with van der Waals surface area (Å²) in [6.45, 7) is 7.45. The summed E-state index contributed by atoms with van der Waals surface area (Å²) >= 11 is 0. The van der Waals surface area contributed by atoms with E-state index in [0.717, 1.165) is 12.1 Å². The Balaban J connectivity index is 2.02. The Kier molecular flexibility index (Phi) is 5.51. The third-order valence-corrected chi connectivity index (χ3v) is 4.03. The molecular formula is C19H24FN. The molecule has 0 aromatic heterocycles. The summed E-state index contributed by atoms with van der Waals surface area (Å²) in [5.41, 5.74) is 2.34. The molecular weight excluding hydrogens is 261 g/mol. The summed E-state index contributed by atoms with van der Waals surface area (Å²) in [4.78, 5) is 0. The van der Waals surface area contributed by atoms with E-state index in [1.165, 1.54) is 11.6 Å². The fourth-order valence-electron chi connectivity index (χ4n) is 2.64. The Morgan fingerprint density at radius 1 is 0.905 bits per heavy atom. The van der Waals surface area contributed by atoms with Crippen molar-refractivity contribution in [1.29, 1.82) is 0 Å². The van der Waals surface area contributed by atoms with Crippen molar-refractivity contribution in [2.24, 2.45) is 5.92 Å². The summed E-state index contributed by atoms with van der Waals surface area (Å²) in [6, 6.07) is 17.5. The third kappa shape index (κ3) is 4.40. The monoisotopic (exact) mass is 285 g/mol. The van der Waals surface area contributed by atoms with Crippen LogP contribution >= 0.6 is 0 Å². The van der Waals surface area contributed by atoms with Crippen molar-refractivity contribution in [2.75, 3.05) is 6.54 Å². The van der Waals surface area contributed by atoms with Crippen molar-refractivity contribution in [3.05, 3.63) is 71.5 Å². The molecule has 0 amide bonds. The van der Waals surface area contributed by atoms with Crippen LogP contribution in [0.25, 0.3) is 0 Å². The topological polar surface area (TPSA) is 12.0 Å². The van der Waals surface area contributed by atoms with Crippen LogP contribution in [0, 0.1) is 11.7 Å². The highest BCUT2D eigenvalue weighted by Gasteiger charge is 2.17. The SMILES string of the molecule is CC(NCC(c1ccccc1)C(C)C)c1cccc(F)c1. The van der Waals surface area contributed by atoms with Crippen LogP contribution in [0.4, 0.5) is 4.39 Å². The summed E-state index contributed by atoms with van der Waals surface area (Å²) in [6.07, 6.45) is 0. The lowest BCUT2D eigenvalue weighted by atomic mass is 9.88. The van der Waals surface area contributed by atoms with Gasteiger partial charge in [-0.2, -0.15) is 0 Å². The molecule has 2 atom stereocenters. The highest BCUT2D eigenvalue weighted by Crippen LogP contribution is 2.24. The van der Waals surface area contributed by atoms with Crippen LogP contribution in [0.5, 0.6) is 0 Å². The largest absolute Gasteiger partial charge is 0.310 e. The van der Waals surface area contributed by atoms with Gasteiger partial charge >= 0.3 is 0 Å². The summed E-state index contributed by atoms with van der Waals surface area (Å²) < 4.78 is 13.3. The zero-order valence-electron chi connectivity index (χ0n) is 13.0. The Morgan fingerprint density at radius 3 is 2.19 bits per heavy atom. The van der Waals surface area contributed by atoms with Gasteiger partial charge in [0.1, 0.15) is 5.82 Å². The molecule has 0 aliphatic carbocycles. The second-order valence-corrected chi connectivity index (χ2v) is 5.95. The molecule has 0 radical (unpaired) electrons. The van der Waals surface area contributed by atoms with Crippen molar-refractivity contribution in [3.63, 3.8) is 0 Å². The van der Waals surface area contributed by atoms with Crippen LogP contribution in [0.3, 0.4) is 0 Å². The molecule has 2 aromatic rings. The Morgan fingerprint density at radius 2 is 1.57 bits per heavy atom. The lowest BCUT2D eigenvalue weighted by molar-refractivity contribution is 0.435. The summed E-state index contributed by atoms with van der Waals surface area (Å²) in [7, 11) is 0. The van der Waals surface area contributed by atoms with Gasteiger partial charge < -0.3 is 5.32 Å². The van der Waals surface area contributed by atoms with Crippen molar-refractivity contribution in [2.45, 2.75) is 32.7 Å². The summed E-state index contributed by atoms with van der Waals surface area (Å²) in [5, 5.41) is 3.54. The van der Waals surface area contributed by atoms with Crippen LogP contribution in [0.2, 0.25) is 0 Å². The first-order valence-electron chi connectivity index (χ1n) is 7.61. The number of hydrogen-bond donors (Lipinski definition) is 1. The van der Waals surface area contributed by atoms with Crippen molar-refractivity contribution < 1.29 is 4.39 Å². The molecule has 0 saturated heterocycles.